The molecule has 180 valence electrons. The summed E-state index contributed by atoms with van der Waals surface area (Å²) < 4.78 is 30.8. The summed E-state index contributed by atoms with van der Waals surface area (Å²) in [7, 11) is 1.49. The summed E-state index contributed by atoms with van der Waals surface area (Å²) in [4.78, 5) is 26.6. The third kappa shape index (κ3) is 5.96. The first kappa shape index (κ1) is 24.6. The summed E-state index contributed by atoms with van der Waals surface area (Å²) in [5.74, 6) is 0.569. The number of imide groups is 1. The van der Waals surface area contributed by atoms with E-state index >= 15 is 0 Å². The smallest absolute Gasteiger partial charge is 0.293 e. The molecule has 3 aromatic rings. The Morgan fingerprint density at radius 1 is 1.00 bits per heavy atom. The topological polar surface area (TPSA) is 65.1 Å². The molecule has 0 unspecified atom stereocenters. The van der Waals surface area contributed by atoms with Crippen LogP contribution in [0.15, 0.2) is 71.6 Å². The number of methoxy groups -OCH3 is 1. The van der Waals surface area contributed by atoms with Gasteiger partial charge < -0.3 is 14.2 Å². The number of rotatable bonds is 9. The van der Waals surface area contributed by atoms with Crippen molar-refractivity contribution in [3.63, 3.8) is 0 Å². The largest absolute Gasteiger partial charge is 0.493 e. The van der Waals surface area contributed by atoms with Crippen LogP contribution in [-0.4, -0.2) is 36.3 Å². The SMILES string of the molecule is COc1ccc(/C=C2\SC(=O)N(CCOc3ccccc3)C2=O)cc1OCc1c(F)cccc1Cl. The zero-order valence-corrected chi connectivity index (χ0v) is 20.3. The Labute approximate surface area is 211 Å². The molecule has 1 aliphatic heterocycles. The lowest BCUT2D eigenvalue weighted by atomic mass is 10.1. The van der Waals surface area contributed by atoms with Crippen LogP contribution in [-0.2, 0) is 11.4 Å². The predicted molar refractivity (Wildman–Crippen MR) is 133 cm³/mol. The van der Waals surface area contributed by atoms with Crippen LogP contribution in [0.4, 0.5) is 9.18 Å². The molecule has 35 heavy (non-hydrogen) atoms. The highest BCUT2D eigenvalue weighted by Crippen LogP contribution is 2.35. The lowest BCUT2D eigenvalue weighted by molar-refractivity contribution is -0.123. The minimum Gasteiger partial charge on any atom is -0.493 e. The van der Waals surface area contributed by atoms with Gasteiger partial charge in [-0.15, -0.1) is 0 Å². The number of ether oxygens (including phenoxy) is 3. The number of benzene rings is 3. The Balaban J connectivity index is 1.45. The van der Waals surface area contributed by atoms with Crippen LogP contribution in [0.3, 0.4) is 0 Å². The van der Waals surface area contributed by atoms with Crippen LogP contribution in [0.5, 0.6) is 17.2 Å². The molecule has 3 aromatic carbocycles. The van der Waals surface area contributed by atoms with Gasteiger partial charge in [-0.1, -0.05) is 41.9 Å². The Hall–Kier alpha value is -3.49. The molecular weight excluding hydrogens is 493 g/mol. The fourth-order valence-corrected chi connectivity index (χ4v) is 4.41. The van der Waals surface area contributed by atoms with E-state index in [1.54, 1.807) is 42.5 Å². The summed E-state index contributed by atoms with van der Waals surface area (Å²) in [5, 5.41) is -0.109. The number of amides is 2. The summed E-state index contributed by atoms with van der Waals surface area (Å²) in [6, 6.07) is 18.6. The number of para-hydroxylation sites is 1. The Bertz CT molecular complexity index is 1250. The van der Waals surface area contributed by atoms with Gasteiger partial charge in [0.1, 0.15) is 24.8 Å². The average Bonchev–Trinajstić information content (AvgIpc) is 3.12. The van der Waals surface area contributed by atoms with Crippen molar-refractivity contribution in [3.05, 3.63) is 93.6 Å². The van der Waals surface area contributed by atoms with Crippen molar-refractivity contribution >= 4 is 40.6 Å². The van der Waals surface area contributed by atoms with Crippen molar-refractivity contribution in [2.75, 3.05) is 20.3 Å². The maximum Gasteiger partial charge on any atom is 0.293 e. The molecule has 1 saturated heterocycles. The van der Waals surface area contributed by atoms with Gasteiger partial charge in [0.15, 0.2) is 11.5 Å². The highest BCUT2D eigenvalue weighted by Gasteiger charge is 2.34. The summed E-state index contributed by atoms with van der Waals surface area (Å²) in [6.07, 6.45) is 1.60. The van der Waals surface area contributed by atoms with E-state index in [9.17, 15) is 14.0 Å². The molecule has 0 N–H and O–H groups in total. The molecule has 1 fully saturated rings. The molecule has 1 aliphatic rings. The van der Waals surface area contributed by atoms with Crippen molar-refractivity contribution in [1.82, 2.24) is 4.90 Å². The average molecular weight is 514 g/mol. The second-order valence-electron chi connectivity index (χ2n) is 7.39. The van der Waals surface area contributed by atoms with Crippen molar-refractivity contribution in [2.45, 2.75) is 6.61 Å². The van der Waals surface area contributed by atoms with Crippen LogP contribution < -0.4 is 14.2 Å². The van der Waals surface area contributed by atoms with Crippen LogP contribution in [0.2, 0.25) is 5.02 Å². The molecule has 0 spiro atoms. The molecule has 0 bridgehead atoms. The van der Waals surface area contributed by atoms with Crippen molar-refractivity contribution in [2.24, 2.45) is 0 Å². The van der Waals surface area contributed by atoms with E-state index in [0.29, 0.717) is 22.8 Å². The number of halogens is 2. The van der Waals surface area contributed by atoms with Crippen molar-refractivity contribution in [3.8, 4) is 17.2 Å². The second-order valence-corrected chi connectivity index (χ2v) is 8.79. The zero-order chi connectivity index (χ0) is 24.8. The standard InChI is InChI=1S/C26H21ClFNO5S/c1-32-22-11-10-17(14-23(22)34-16-19-20(27)8-5-9-21(19)28)15-24-25(30)29(26(31)35-24)12-13-33-18-6-3-2-4-7-18/h2-11,14-15H,12-13,16H2,1H3/b24-15-. The molecule has 9 heteroatoms. The minimum atomic E-state index is -0.475. The van der Waals surface area contributed by atoms with E-state index in [-0.39, 0.29) is 40.5 Å². The number of carbonyl (C=O) groups is 2. The second kappa shape index (κ2) is 11.3. The molecule has 0 aromatic heterocycles. The van der Waals surface area contributed by atoms with E-state index in [2.05, 4.69) is 0 Å². The van der Waals surface area contributed by atoms with Crippen LogP contribution in [0.25, 0.3) is 6.08 Å². The van der Waals surface area contributed by atoms with Crippen LogP contribution >= 0.6 is 23.4 Å². The lowest BCUT2D eigenvalue weighted by Gasteiger charge is -2.13. The third-order valence-electron chi connectivity index (χ3n) is 5.12. The van der Waals surface area contributed by atoms with Crippen LogP contribution in [0, 0.1) is 5.82 Å². The highest BCUT2D eigenvalue weighted by atomic mass is 35.5. The molecule has 6 nitrogen and oxygen atoms in total. The highest BCUT2D eigenvalue weighted by molar-refractivity contribution is 8.18. The molecular formula is C26H21ClFNO5S. The first-order chi connectivity index (χ1) is 17.0. The monoisotopic (exact) mass is 513 g/mol. The normalized spacial score (nSPS) is 14.5. The van der Waals surface area contributed by atoms with Gasteiger partial charge in [-0.05, 0) is 59.8 Å². The summed E-state index contributed by atoms with van der Waals surface area (Å²) in [6.45, 7) is 0.217. The van der Waals surface area contributed by atoms with Gasteiger partial charge in [0, 0.05) is 5.56 Å². The predicted octanol–water partition coefficient (Wildman–Crippen LogP) is 6.18. The van der Waals surface area contributed by atoms with E-state index in [0.717, 1.165) is 16.7 Å². The number of carbonyl (C=O) groups excluding carboxylic acids is 2. The van der Waals surface area contributed by atoms with Gasteiger partial charge in [0.05, 0.1) is 23.6 Å². The molecule has 4 rings (SSSR count). The minimum absolute atomic E-state index is 0.108. The maximum absolute atomic E-state index is 14.1. The fraction of sp³-hybridized carbons (Fsp3) is 0.154. The van der Waals surface area contributed by atoms with Crippen LogP contribution in [0.1, 0.15) is 11.1 Å². The van der Waals surface area contributed by atoms with E-state index < -0.39 is 11.7 Å². The summed E-state index contributed by atoms with van der Waals surface area (Å²) >= 11 is 6.94. The Morgan fingerprint density at radius 2 is 1.80 bits per heavy atom. The fourth-order valence-electron chi connectivity index (χ4n) is 3.33. The maximum atomic E-state index is 14.1. The zero-order valence-electron chi connectivity index (χ0n) is 18.7. The number of hydrogen-bond acceptors (Lipinski definition) is 6. The molecule has 0 aliphatic carbocycles. The molecule has 0 saturated carbocycles. The van der Waals surface area contributed by atoms with Crippen molar-refractivity contribution < 1.29 is 28.2 Å². The van der Waals surface area contributed by atoms with Gasteiger partial charge in [-0.25, -0.2) is 4.39 Å². The van der Waals surface area contributed by atoms with E-state index in [4.69, 9.17) is 25.8 Å². The number of hydrogen-bond donors (Lipinski definition) is 0. The third-order valence-corrected chi connectivity index (χ3v) is 6.38. The van der Waals surface area contributed by atoms with Crippen molar-refractivity contribution in [1.29, 1.82) is 0 Å². The molecule has 1 heterocycles. The summed E-state index contributed by atoms with van der Waals surface area (Å²) in [5.41, 5.74) is 0.840. The van der Waals surface area contributed by atoms with E-state index in [1.165, 1.54) is 19.2 Å². The molecule has 0 atom stereocenters. The Kier molecular flexibility index (Phi) is 7.94. The number of thioether (sulfide) groups is 1. The number of nitrogens with zero attached hydrogens (tertiary/aromatic N) is 1. The lowest BCUT2D eigenvalue weighted by Crippen LogP contribution is -2.32. The quantitative estimate of drug-likeness (QED) is 0.318. The first-order valence-electron chi connectivity index (χ1n) is 10.6. The van der Waals surface area contributed by atoms with Gasteiger partial charge in [-0.2, -0.15) is 0 Å². The van der Waals surface area contributed by atoms with Gasteiger partial charge in [0.25, 0.3) is 11.1 Å². The van der Waals surface area contributed by atoms with Gasteiger partial charge >= 0.3 is 0 Å². The Morgan fingerprint density at radius 3 is 2.54 bits per heavy atom. The molecule has 2 amide bonds. The first-order valence-corrected chi connectivity index (χ1v) is 11.8. The van der Waals surface area contributed by atoms with Gasteiger partial charge in [-0.3, -0.25) is 14.5 Å². The van der Waals surface area contributed by atoms with E-state index in [1.807, 2.05) is 18.2 Å². The molecule has 0 radical (unpaired) electrons. The van der Waals surface area contributed by atoms with Gasteiger partial charge in [0.2, 0.25) is 0 Å².